The first-order valence-electron chi connectivity index (χ1n) is 6.05. The number of fused-ring (bicyclic) bond motifs is 1. The second-order valence-electron chi connectivity index (χ2n) is 4.39. The van der Waals surface area contributed by atoms with E-state index in [2.05, 4.69) is 9.47 Å². The number of halogens is 2. The highest BCUT2D eigenvalue weighted by molar-refractivity contribution is 6.04. The molecular formula is C15H14F2O3. The van der Waals surface area contributed by atoms with E-state index in [-0.39, 0.29) is 5.56 Å². The zero-order valence-corrected chi connectivity index (χ0v) is 10.9. The predicted molar refractivity (Wildman–Crippen MR) is 71.1 cm³/mol. The molecule has 0 atom stereocenters. The number of esters is 1. The summed E-state index contributed by atoms with van der Waals surface area (Å²) in [6, 6.07) is 12.3. The molecule has 0 aliphatic rings. The number of hydrogen-bond acceptors (Lipinski definition) is 3. The molecule has 3 nitrogen and oxygen atoms in total. The quantitative estimate of drug-likeness (QED) is 0.788. The minimum absolute atomic E-state index is 0.274. The molecule has 0 N–H and O–H groups in total. The van der Waals surface area contributed by atoms with Gasteiger partial charge >= 0.3 is 11.9 Å². The molecule has 0 saturated heterocycles. The van der Waals surface area contributed by atoms with Crippen LogP contribution in [-0.4, -0.2) is 32.2 Å². The maximum atomic E-state index is 13.2. The van der Waals surface area contributed by atoms with Crippen LogP contribution in [0.15, 0.2) is 42.5 Å². The van der Waals surface area contributed by atoms with Crippen LogP contribution in [0.5, 0.6) is 0 Å². The Labute approximate surface area is 115 Å². The minimum Gasteiger partial charge on any atom is -0.456 e. The van der Waals surface area contributed by atoms with Crippen molar-refractivity contribution < 1.29 is 23.0 Å². The lowest BCUT2D eigenvalue weighted by Gasteiger charge is -2.15. The van der Waals surface area contributed by atoms with Crippen LogP contribution in [0.2, 0.25) is 0 Å². The molecule has 0 aliphatic heterocycles. The van der Waals surface area contributed by atoms with Crippen LogP contribution >= 0.6 is 0 Å². The molecular weight excluding hydrogens is 266 g/mol. The largest absolute Gasteiger partial charge is 0.456 e. The second kappa shape index (κ2) is 5.96. The summed E-state index contributed by atoms with van der Waals surface area (Å²) in [6.45, 7) is -1.78. The molecule has 0 aromatic heterocycles. The summed E-state index contributed by atoms with van der Waals surface area (Å²) in [7, 11) is 1.17. The number of alkyl halides is 2. The Morgan fingerprint density at radius 1 is 1.10 bits per heavy atom. The summed E-state index contributed by atoms with van der Waals surface area (Å²) in [5.41, 5.74) is 0.274. The fourth-order valence-corrected chi connectivity index (χ4v) is 1.91. The highest BCUT2D eigenvalue weighted by Gasteiger charge is 2.31. The fraction of sp³-hybridized carbons (Fsp3) is 0.267. The van der Waals surface area contributed by atoms with Crippen molar-refractivity contribution in [3.8, 4) is 0 Å². The first kappa shape index (κ1) is 14.4. The van der Waals surface area contributed by atoms with Gasteiger partial charge in [-0.3, -0.25) is 0 Å². The topological polar surface area (TPSA) is 35.5 Å². The van der Waals surface area contributed by atoms with Crippen molar-refractivity contribution in [2.45, 2.75) is 5.92 Å². The predicted octanol–water partition coefficient (Wildman–Crippen LogP) is 3.28. The number of hydrogen-bond donors (Lipinski definition) is 0. The number of benzene rings is 2. The first-order chi connectivity index (χ1) is 9.53. The number of rotatable bonds is 5. The maximum Gasteiger partial charge on any atom is 0.338 e. The van der Waals surface area contributed by atoms with Gasteiger partial charge in [0.15, 0.2) is 6.61 Å². The van der Waals surface area contributed by atoms with Crippen LogP contribution < -0.4 is 0 Å². The molecule has 2 rings (SSSR count). The van der Waals surface area contributed by atoms with Gasteiger partial charge in [-0.05, 0) is 16.8 Å². The lowest BCUT2D eigenvalue weighted by Crippen LogP contribution is -2.30. The molecule has 20 heavy (non-hydrogen) atoms. The van der Waals surface area contributed by atoms with Crippen molar-refractivity contribution in [3.63, 3.8) is 0 Å². The molecule has 2 aromatic carbocycles. The highest BCUT2D eigenvalue weighted by Crippen LogP contribution is 2.20. The van der Waals surface area contributed by atoms with Crippen molar-refractivity contribution in [1.82, 2.24) is 0 Å². The van der Waals surface area contributed by atoms with Gasteiger partial charge in [-0.2, -0.15) is 0 Å². The van der Waals surface area contributed by atoms with Gasteiger partial charge in [0.05, 0.1) is 5.56 Å². The lowest BCUT2D eigenvalue weighted by molar-refractivity contribution is -0.102. The van der Waals surface area contributed by atoms with Crippen molar-refractivity contribution in [2.75, 3.05) is 20.3 Å². The molecule has 0 radical (unpaired) electrons. The van der Waals surface area contributed by atoms with Gasteiger partial charge in [0.2, 0.25) is 0 Å². The number of carbonyl (C=O) groups excluding carboxylic acids is 1. The third-order valence-electron chi connectivity index (χ3n) is 2.78. The van der Waals surface area contributed by atoms with E-state index < -0.39 is 25.1 Å². The normalized spacial score (nSPS) is 11.6. The summed E-state index contributed by atoms with van der Waals surface area (Å²) in [5, 5.41) is 1.53. The summed E-state index contributed by atoms with van der Waals surface area (Å²) in [5.74, 6) is -3.95. The second-order valence-corrected chi connectivity index (χ2v) is 4.39. The first-order valence-corrected chi connectivity index (χ1v) is 6.05. The van der Waals surface area contributed by atoms with Crippen molar-refractivity contribution in [3.05, 3.63) is 48.0 Å². The van der Waals surface area contributed by atoms with Crippen molar-refractivity contribution in [2.24, 2.45) is 0 Å². The SMILES string of the molecule is COCC(F)(F)COC(=O)c1cccc2ccccc12. The molecule has 0 spiro atoms. The van der Waals surface area contributed by atoms with Crippen LogP contribution in [0.4, 0.5) is 8.78 Å². The summed E-state index contributed by atoms with van der Waals surface area (Å²) in [6.07, 6.45) is 0. The molecule has 0 amide bonds. The Morgan fingerprint density at radius 2 is 1.80 bits per heavy atom. The molecule has 0 bridgehead atoms. The third kappa shape index (κ3) is 3.30. The van der Waals surface area contributed by atoms with E-state index in [1.165, 1.54) is 7.11 Å². The van der Waals surface area contributed by atoms with Crippen molar-refractivity contribution in [1.29, 1.82) is 0 Å². The van der Waals surface area contributed by atoms with E-state index in [1.54, 1.807) is 24.3 Å². The van der Waals surface area contributed by atoms with Gasteiger partial charge in [-0.15, -0.1) is 0 Å². The van der Waals surface area contributed by atoms with Gasteiger partial charge in [0, 0.05) is 7.11 Å². The van der Waals surface area contributed by atoms with Gasteiger partial charge in [-0.1, -0.05) is 36.4 Å². The molecule has 5 heteroatoms. The Balaban J connectivity index is 2.16. The molecule has 106 valence electrons. The van der Waals surface area contributed by atoms with Gasteiger partial charge in [0.25, 0.3) is 0 Å². The number of carbonyl (C=O) groups is 1. The van der Waals surface area contributed by atoms with Crippen LogP contribution in [0.3, 0.4) is 0 Å². The number of ether oxygens (including phenoxy) is 2. The summed E-state index contributed by atoms with van der Waals surface area (Å²) >= 11 is 0. The van der Waals surface area contributed by atoms with E-state index in [0.717, 1.165) is 5.39 Å². The molecule has 0 heterocycles. The maximum absolute atomic E-state index is 13.2. The molecule has 0 fully saturated rings. The Bertz CT molecular complexity index is 606. The van der Waals surface area contributed by atoms with Crippen LogP contribution in [0, 0.1) is 0 Å². The Hall–Kier alpha value is -2.01. The third-order valence-corrected chi connectivity index (χ3v) is 2.78. The van der Waals surface area contributed by atoms with Gasteiger partial charge in [-0.25, -0.2) is 13.6 Å². The molecule has 2 aromatic rings. The van der Waals surface area contributed by atoms with E-state index in [1.807, 2.05) is 18.2 Å². The smallest absolute Gasteiger partial charge is 0.338 e. The minimum atomic E-state index is -3.19. The van der Waals surface area contributed by atoms with Crippen LogP contribution in [0.25, 0.3) is 10.8 Å². The average Bonchev–Trinajstić information content (AvgIpc) is 2.44. The standard InChI is InChI=1S/C15H14F2O3/c1-19-9-15(16,17)10-20-14(18)13-8-4-6-11-5-2-3-7-12(11)13/h2-8H,9-10H2,1H3. The lowest BCUT2D eigenvalue weighted by atomic mass is 10.1. The zero-order chi connectivity index (χ0) is 14.6. The summed E-state index contributed by atoms with van der Waals surface area (Å²) < 4.78 is 35.5. The average molecular weight is 280 g/mol. The fourth-order valence-electron chi connectivity index (χ4n) is 1.91. The molecule has 0 unspecified atom stereocenters. The zero-order valence-electron chi connectivity index (χ0n) is 10.9. The Morgan fingerprint density at radius 3 is 2.55 bits per heavy atom. The highest BCUT2D eigenvalue weighted by atomic mass is 19.3. The van der Waals surface area contributed by atoms with Crippen LogP contribution in [-0.2, 0) is 9.47 Å². The van der Waals surface area contributed by atoms with E-state index in [4.69, 9.17) is 0 Å². The molecule has 0 aliphatic carbocycles. The van der Waals surface area contributed by atoms with Crippen molar-refractivity contribution >= 4 is 16.7 Å². The monoisotopic (exact) mass is 280 g/mol. The van der Waals surface area contributed by atoms with Crippen LogP contribution in [0.1, 0.15) is 10.4 Å². The number of methoxy groups -OCH3 is 1. The van der Waals surface area contributed by atoms with Gasteiger partial charge in [0.1, 0.15) is 6.61 Å². The van der Waals surface area contributed by atoms with E-state index >= 15 is 0 Å². The Kier molecular flexibility index (Phi) is 4.29. The van der Waals surface area contributed by atoms with E-state index in [0.29, 0.717) is 5.39 Å². The van der Waals surface area contributed by atoms with Gasteiger partial charge < -0.3 is 9.47 Å². The summed E-state index contributed by atoms with van der Waals surface area (Å²) in [4.78, 5) is 11.9. The van der Waals surface area contributed by atoms with E-state index in [9.17, 15) is 13.6 Å². The molecule has 0 saturated carbocycles.